The Hall–Kier alpha value is -3.45. The van der Waals surface area contributed by atoms with Crippen LogP contribution in [0.1, 0.15) is 22.8 Å². The minimum atomic E-state index is -0.553. The van der Waals surface area contributed by atoms with Crippen molar-refractivity contribution in [1.82, 2.24) is 10.1 Å². The average molecular weight is 391 g/mol. The van der Waals surface area contributed by atoms with E-state index in [2.05, 4.69) is 22.4 Å². The molecule has 0 bridgehead atoms. The van der Waals surface area contributed by atoms with Gasteiger partial charge in [0, 0.05) is 11.6 Å². The zero-order chi connectivity index (χ0) is 19.5. The maximum atomic E-state index is 12.4. The molecule has 0 saturated heterocycles. The highest BCUT2D eigenvalue weighted by Gasteiger charge is 2.15. The van der Waals surface area contributed by atoms with Gasteiger partial charge in [0.1, 0.15) is 11.3 Å². The van der Waals surface area contributed by atoms with E-state index in [-0.39, 0.29) is 11.4 Å². The molecule has 0 aliphatic heterocycles. The molecule has 0 aliphatic rings. The fraction of sp³-hybridized carbons (Fsp3) is 0.0952. The molecule has 4 aromatic rings. The van der Waals surface area contributed by atoms with Crippen LogP contribution in [0.3, 0.4) is 0 Å². The number of carbonyl (C=O) groups excluding carboxylic acids is 1. The third-order valence-corrected chi connectivity index (χ3v) is 5.25. The predicted octanol–water partition coefficient (Wildman–Crippen LogP) is 4.57. The molecule has 3 aromatic heterocycles. The number of amides is 1. The van der Waals surface area contributed by atoms with Gasteiger partial charge < -0.3 is 9.51 Å². The first-order chi connectivity index (χ1) is 13.6. The molecule has 0 atom stereocenters. The normalized spacial score (nSPS) is 10.8. The van der Waals surface area contributed by atoms with Gasteiger partial charge in [-0.05, 0) is 35.6 Å². The summed E-state index contributed by atoms with van der Waals surface area (Å²) in [6.45, 7) is 2.09. The van der Waals surface area contributed by atoms with Crippen LogP contribution >= 0.6 is 11.3 Å². The van der Waals surface area contributed by atoms with Gasteiger partial charge >= 0.3 is 0 Å². The molecular weight excluding hydrogens is 374 g/mol. The minimum Gasteiger partial charge on any atom is -0.338 e. The van der Waals surface area contributed by atoms with Crippen LogP contribution in [-0.2, 0) is 6.42 Å². The molecule has 0 aliphatic carbocycles. The number of aromatic amines is 1. The Labute approximate surface area is 164 Å². The zero-order valence-corrected chi connectivity index (χ0v) is 15.9. The maximum Gasteiger partial charge on any atom is 0.263 e. The topological polar surface area (TPSA) is 88.0 Å². The molecule has 0 fully saturated rings. The summed E-state index contributed by atoms with van der Waals surface area (Å²) in [5.74, 6) is -0.371. The summed E-state index contributed by atoms with van der Waals surface area (Å²) in [5, 5.41) is 8.49. The van der Waals surface area contributed by atoms with E-state index in [4.69, 9.17) is 4.52 Å². The molecule has 140 valence electrons. The number of nitrogens with zero attached hydrogens (tertiary/aromatic N) is 1. The van der Waals surface area contributed by atoms with E-state index in [0.717, 1.165) is 16.9 Å². The van der Waals surface area contributed by atoms with Crippen LogP contribution in [0.2, 0.25) is 0 Å². The van der Waals surface area contributed by atoms with Crippen molar-refractivity contribution < 1.29 is 9.32 Å². The Morgan fingerprint density at radius 3 is 2.68 bits per heavy atom. The summed E-state index contributed by atoms with van der Waals surface area (Å²) in [7, 11) is 0. The van der Waals surface area contributed by atoms with Gasteiger partial charge in [0.25, 0.3) is 11.5 Å². The highest BCUT2D eigenvalue weighted by Crippen LogP contribution is 2.23. The summed E-state index contributed by atoms with van der Waals surface area (Å²) < 4.78 is 5.20. The standard InChI is InChI=1S/C21H17N3O3S/c1-2-13-5-7-14(8-6-13)17-12-19(27-24-17)23-21(26)15-9-10-16(22-20(15)25)18-4-3-11-28-18/h3-12H,2H2,1H3,(H,22,25)(H,23,26). The Morgan fingerprint density at radius 1 is 1.18 bits per heavy atom. The smallest absolute Gasteiger partial charge is 0.263 e. The van der Waals surface area contributed by atoms with E-state index in [1.807, 2.05) is 41.8 Å². The Kier molecular flexibility index (Phi) is 4.90. The highest BCUT2D eigenvalue weighted by atomic mass is 32.1. The molecule has 2 N–H and O–H groups in total. The van der Waals surface area contributed by atoms with Crippen LogP contribution < -0.4 is 10.9 Å². The Bertz CT molecular complexity index is 1160. The maximum absolute atomic E-state index is 12.4. The molecule has 6 nitrogen and oxygen atoms in total. The Balaban J connectivity index is 1.51. The number of aromatic nitrogens is 2. The third kappa shape index (κ3) is 3.65. The lowest BCUT2D eigenvalue weighted by Gasteiger charge is -2.02. The monoisotopic (exact) mass is 391 g/mol. The number of carbonyl (C=O) groups is 1. The molecule has 4 rings (SSSR count). The number of anilines is 1. The number of H-pyrrole nitrogens is 1. The second-order valence-electron chi connectivity index (χ2n) is 6.17. The van der Waals surface area contributed by atoms with Crippen molar-refractivity contribution in [2.24, 2.45) is 0 Å². The van der Waals surface area contributed by atoms with Gasteiger partial charge in [-0.3, -0.25) is 14.9 Å². The number of hydrogen-bond donors (Lipinski definition) is 2. The second-order valence-corrected chi connectivity index (χ2v) is 7.12. The van der Waals surface area contributed by atoms with Crippen molar-refractivity contribution in [3.63, 3.8) is 0 Å². The quantitative estimate of drug-likeness (QED) is 0.521. The highest BCUT2D eigenvalue weighted by molar-refractivity contribution is 7.13. The number of benzene rings is 1. The molecule has 1 amide bonds. The molecule has 0 unspecified atom stereocenters. The van der Waals surface area contributed by atoms with E-state index in [1.54, 1.807) is 12.1 Å². The van der Waals surface area contributed by atoms with Crippen LogP contribution in [0.5, 0.6) is 0 Å². The summed E-state index contributed by atoms with van der Waals surface area (Å²) in [6.07, 6.45) is 0.959. The largest absolute Gasteiger partial charge is 0.338 e. The van der Waals surface area contributed by atoms with Crippen LogP contribution in [-0.4, -0.2) is 16.0 Å². The van der Waals surface area contributed by atoms with Crippen molar-refractivity contribution in [3.05, 3.63) is 81.5 Å². The second kappa shape index (κ2) is 7.66. The zero-order valence-electron chi connectivity index (χ0n) is 15.1. The Morgan fingerprint density at radius 2 is 2.00 bits per heavy atom. The molecule has 7 heteroatoms. The van der Waals surface area contributed by atoms with Crippen LogP contribution in [0.25, 0.3) is 21.8 Å². The van der Waals surface area contributed by atoms with Gasteiger partial charge in [-0.2, -0.15) is 0 Å². The lowest BCUT2D eigenvalue weighted by atomic mass is 10.1. The first-order valence-electron chi connectivity index (χ1n) is 8.78. The van der Waals surface area contributed by atoms with Crippen molar-refractivity contribution >= 4 is 23.1 Å². The molecule has 3 heterocycles. The fourth-order valence-corrected chi connectivity index (χ4v) is 3.50. The van der Waals surface area contributed by atoms with E-state index in [1.165, 1.54) is 23.0 Å². The van der Waals surface area contributed by atoms with E-state index >= 15 is 0 Å². The molecule has 0 spiro atoms. The number of rotatable bonds is 5. The predicted molar refractivity (Wildman–Crippen MR) is 110 cm³/mol. The summed E-state index contributed by atoms with van der Waals surface area (Å²) >= 11 is 1.51. The SMILES string of the molecule is CCc1ccc(-c2cc(NC(=O)c3ccc(-c4cccs4)[nH]c3=O)on2)cc1. The van der Waals surface area contributed by atoms with Crippen molar-refractivity contribution in [1.29, 1.82) is 0 Å². The number of hydrogen-bond acceptors (Lipinski definition) is 5. The average Bonchev–Trinajstić information content (AvgIpc) is 3.40. The van der Waals surface area contributed by atoms with Gasteiger partial charge in [-0.1, -0.05) is 42.4 Å². The molecular formula is C21H17N3O3S. The summed E-state index contributed by atoms with van der Waals surface area (Å²) in [6, 6.07) is 16.6. The van der Waals surface area contributed by atoms with Gasteiger partial charge in [0.15, 0.2) is 0 Å². The number of aryl methyl sites for hydroxylation is 1. The molecule has 0 radical (unpaired) electrons. The van der Waals surface area contributed by atoms with E-state index in [9.17, 15) is 9.59 Å². The molecule has 1 aromatic carbocycles. The third-order valence-electron chi connectivity index (χ3n) is 4.35. The summed E-state index contributed by atoms with van der Waals surface area (Å²) in [4.78, 5) is 28.4. The number of pyridine rings is 1. The molecule has 0 saturated carbocycles. The summed E-state index contributed by atoms with van der Waals surface area (Å²) in [5.41, 5.74) is 2.95. The van der Waals surface area contributed by atoms with E-state index < -0.39 is 11.5 Å². The lowest BCUT2D eigenvalue weighted by Crippen LogP contribution is -2.22. The van der Waals surface area contributed by atoms with Gasteiger partial charge in [-0.15, -0.1) is 11.3 Å². The fourth-order valence-electron chi connectivity index (χ4n) is 2.79. The first-order valence-corrected chi connectivity index (χ1v) is 9.66. The van der Waals surface area contributed by atoms with Crippen LogP contribution in [0.15, 0.2) is 69.3 Å². The van der Waals surface area contributed by atoms with Crippen molar-refractivity contribution in [3.8, 4) is 21.8 Å². The van der Waals surface area contributed by atoms with Gasteiger partial charge in [-0.25, -0.2) is 0 Å². The van der Waals surface area contributed by atoms with Crippen molar-refractivity contribution in [2.45, 2.75) is 13.3 Å². The molecule has 28 heavy (non-hydrogen) atoms. The number of nitrogens with one attached hydrogen (secondary N) is 2. The lowest BCUT2D eigenvalue weighted by molar-refractivity contribution is 0.102. The minimum absolute atomic E-state index is 0.00514. The van der Waals surface area contributed by atoms with Gasteiger partial charge in [0.2, 0.25) is 5.88 Å². The van der Waals surface area contributed by atoms with Crippen LogP contribution in [0.4, 0.5) is 5.88 Å². The first kappa shape index (κ1) is 17.9. The van der Waals surface area contributed by atoms with Crippen LogP contribution in [0, 0.1) is 0 Å². The van der Waals surface area contributed by atoms with Gasteiger partial charge in [0.05, 0.1) is 10.6 Å². The van der Waals surface area contributed by atoms with E-state index in [0.29, 0.717) is 11.4 Å². The number of thiophene rings is 1. The van der Waals surface area contributed by atoms with Crippen molar-refractivity contribution in [2.75, 3.05) is 5.32 Å².